The van der Waals surface area contributed by atoms with Crippen molar-refractivity contribution in [2.45, 2.75) is 43.9 Å². The second-order valence-corrected chi connectivity index (χ2v) is 8.38. The van der Waals surface area contributed by atoms with Gasteiger partial charge in [0.05, 0.1) is 23.6 Å². The molecule has 0 bridgehead atoms. The highest BCUT2D eigenvalue weighted by Gasteiger charge is 2.45. The Labute approximate surface area is 132 Å². The first-order valence-electron chi connectivity index (χ1n) is 7.84. The van der Waals surface area contributed by atoms with Crippen LogP contribution in [0, 0.1) is 6.92 Å². The average Bonchev–Trinajstić information content (AvgIpc) is 2.91. The van der Waals surface area contributed by atoms with Crippen LogP contribution in [0.3, 0.4) is 0 Å². The van der Waals surface area contributed by atoms with E-state index >= 15 is 0 Å². The highest BCUT2D eigenvalue weighted by Crippen LogP contribution is 2.29. The van der Waals surface area contributed by atoms with Crippen molar-refractivity contribution in [1.29, 1.82) is 0 Å². The summed E-state index contributed by atoms with van der Waals surface area (Å²) in [5.41, 5.74) is 0.956. The third-order valence-corrected chi connectivity index (χ3v) is 6.43. The Hall–Kier alpha value is -0.950. The zero-order chi connectivity index (χ0) is 15.9. The van der Waals surface area contributed by atoms with Gasteiger partial charge in [-0.15, -0.1) is 0 Å². The smallest absolute Gasteiger partial charge is 0.243 e. The van der Waals surface area contributed by atoms with Crippen LogP contribution in [0.15, 0.2) is 29.2 Å². The maximum Gasteiger partial charge on any atom is 0.243 e. The summed E-state index contributed by atoms with van der Waals surface area (Å²) in [7, 11) is -3.44. The molecule has 5 nitrogen and oxygen atoms in total. The normalized spacial score (nSPS) is 27.3. The summed E-state index contributed by atoms with van der Waals surface area (Å²) in [6.07, 6.45) is -0.0178. The van der Waals surface area contributed by atoms with E-state index in [1.807, 2.05) is 13.0 Å². The SMILES string of the molecule is Cc1cccc(S(=O)(=O)N2C[C@@H]3OCCN(C(C)C)[C@@H]3C2)c1. The van der Waals surface area contributed by atoms with Gasteiger partial charge in [-0.05, 0) is 38.5 Å². The summed E-state index contributed by atoms with van der Waals surface area (Å²) in [5.74, 6) is 0. The van der Waals surface area contributed by atoms with E-state index in [-0.39, 0.29) is 12.1 Å². The molecule has 22 heavy (non-hydrogen) atoms. The molecule has 0 radical (unpaired) electrons. The van der Waals surface area contributed by atoms with Crippen molar-refractivity contribution in [2.75, 3.05) is 26.2 Å². The Morgan fingerprint density at radius 1 is 1.27 bits per heavy atom. The predicted octanol–water partition coefficient (Wildman–Crippen LogP) is 1.48. The molecule has 0 unspecified atom stereocenters. The first-order chi connectivity index (χ1) is 10.4. The van der Waals surface area contributed by atoms with Crippen LogP contribution < -0.4 is 0 Å². The first kappa shape index (κ1) is 15.9. The number of sulfonamides is 1. The van der Waals surface area contributed by atoms with Gasteiger partial charge < -0.3 is 4.74 Å². The maximum atomic E-state index is 12.9. The van der Waals surface area contributed by atoms with Gasteiger partial charge in [0.25, 0.3) is 0 Å². The fourth-order valence-corrected chi connectivity index (χ4v) is 5.02. The molecule has 2 atom stereocenters. The summed E-state index contributed by atoms with van der Waals surface area (Å²) in [6.45, 7) is 8.73. The number of rotatable bonds is 3. The van der Waals surface area contributed by atoms with Gasteiger partial charge in [0, 0.05) is 25.7 Å². The summed E-state index contributed by atoms with van der Waals surface area (Å²) < 4.78 is 33.1. The minimum Gasteiger partial charge on any atom is -0.374 e. The Morgan fingerprint density at radius 3 is 2.73 bits per heavy atom. The zero-order valence-corrected chi connectivity index (χ0v) is 14.2. The number of hydrogen-bond acceptors (Lipinski definition) is 4. The molecule has 6 heteroatoms. The third kappa shape index (κ3) is 2.80. The molecule has 0 aliphatic carbocycles. The monoisotopic (exact) mass is 324 g/mol. The second-order valence-electron chi connectivity index (χ2n) is 6.45. The highest BCUT2D eigenvalue weighted by molar-refractivity contribution is 7.89. The minimum absolute atomic E-state index is 0.0178. The standard InChI is InChI=1S/C16H24N2O3S/c1-12(2)18-7-8-21-16-11-17(10-15(16)18)22(19,20)14-6-4-5-13(3)9-14/h4-6,9,12,15-16H,7-8,10-11H2,1-3H3/t15-,16+/m1/s1. The van der Waals surface area contributed by atoms with Crippen LogP contribution in [0.2, 0.25) is 0 Å². The molecule has 0 saturated carbocycles. The third-order valence-electron chi connectivity index (χ3n) is 4.60. The van der Waals surface area contributed by atoms with Crippen molar-refractivity contribution in [2.24, 2.45) is 0 Å². The number of fused-ring (bicyclic) bond motifs is 1. The van der Waals surface area contributed by atoms with E-state index in [1.54, 1.807) is 22.5 Å². The second kappa shape index (κ2) is 5.92. The van der Waals surface area contributed by atoms with Crippen LogP contribution in [0.4, 0.5) is 0 Å². The molecular formula is C16H24N2O3S. The molecule has 1 aromatic rings. The number of ether oxygens (including phenoxy) is 1. The van der Waals surface area contributed by atoms with Crippen LogP contribution in [0.25, 0.3) is 0 Å². The van der Waals surface area contributed by atoms with E-state index in [0.717, 1.165) is 12.1 Å². The van der Waals surface area contributed by atoms with E-state index in [2.05, 4.69) is 18.7 Å². The van der Waals surface area contributed by atoms with Crippen molar-refractivity contribution in [3.05, 3.63) is 29.8 Å². The van der Waals surface area contributed by atoms with Crippen molar-refractivity contribution in [3.8, 4) is 0 Å². The molecule has 3 rings (SSSR count). The summed E-state index contributed by atoms with van der Waals surface area (Å²) in [5, 5.41) is 0. The molecular weight excluding hydrogens is 300 g/mol. The van der Waals surface area contributed by atoms with Gasteiger partial charge >= 0.3 is 0 Å². The number of benzene rings is 1. The lowest BCUT2D eigenvalue weighted by Gasteiger charge is -2.39. The Morgan fingerprint density at radius 2 is 2.05 bits per heavy atom. The van der Waals surface area contributed by atoms with E-state index in [4.69, 9.17) is 4.74 Å². The van der Waals surface area contributed by atoms with Gasteiger partial charge in [0.2, 0.25) is 10.0 Å². The first-order valence-corrected chi connectivity index (χ1v) is 9.28. The van der Waals surface area contributed by atoms with Crippen LogP contribution in [0.1, 0.15) is 19.4 Å². The van der Waals surface area contributed by atoms with Gasteiger partial charge in [-0.25, -0.2) is 8.42 Å². The lowest BCUT2D eigenvalue weighted by Crippen LogP contribution is -2.53. The minimum atomic E-state index is -3.44. The highest BCUT2D eigenvalue weighted by atomic mass is 32.2. The van der Waals surface area contributed by atoms with Gasteiger partial charge in [0.15, 0.2) is 0 Å². The van der Waals surface area contributed by atoms with E-state index in [9.17, 15) is 8.42 Å². The van der Waals surface area contributed by atoms with E-state index < -0.39 is 10.0 Å². The summed E-state index contributed by atoms with van der Waals surface area (Å²) in [6, 6.07) is 7.67. The number of hydrogen-bond donors (Lipinski definition) is 0. The molecule has 0 spiro atoms. The molecule has 2 saturated heterocycles. The maximum absolute atomic E-state index is 12.9. The van der Waals surface area contributed by atoms with Gasteiger partial charge in [-0.1, -0.05) is 12.1 Å². The largest absolute Gasteiger partial charge is 0.374 e. The van der Waals surface area contributed by atoms with Crippen LogP contribution >= 0.6 is 0 Å². The number of morpholine rings is 1. The zero-order valence-electron chi connectivity index (χ0n) is 13.4. The van der Waals surface area contributed by atoms with Crippen LogP contribution in [-0.2, 0) is 14.8 Å². The van der Waals surface area contributed by atoms with Crippen molar-refractivity contribution in [1.82, 2.24) is 9.21 Å². The Kier molecular flexibility index (Phi) is 4.29. The van der Waals surface area contributed by atoms with Crippen LogP contribution in [0.5, 0.6) is 0 Å². The van der Waals surface area contributed by atoms with Gasteiger partial charge in [-0.2, -0.15) is 4.31 Å². The summed E-state index contributed by atoms with van der Waals surface area (Å²) in [4.78, 5) is 2.74. The molecule has 2 aliphatic heterocycles. The van der Waals surface area contributed by atoms with Crippen LogP contribution in [-0.4, -0.2) is 62.1 Å². The van der Waals surface area contributed by atoms with Crippen molar-refractivity contribution < 1.29 is 13.2 Å². The molecule has 0 aromatic heterocycles. The molecule has 0 N–H and O–H groups in total. The Balaban J connectivity index is 1.85. The van der Waals surface area contributed by atoms with E-state index in [0.29, 0.717) is 30.6 Å². The molecule has 0 amide bonds. The van der Waals surface area contributed by atoms with Crippen molar-refractivity contribution >= 4 is 10.0 Å². The fraction of sp³-hybridized carbons (Fsp3) is 0.625. The van der Waals surface area contributed by atoms with Gasteiger partial charge in [-0.3, -0.25) is 4.90 Å². The molecule has 1 aromatic carbocycles. The predicted molar refractivity (Wildman–Crippen MR) is 85.3 cm³/mol. The lowest BCUT2D eigenvalue weighted by atomic mass is 10.1. The topological polar surface area (TPSA) is 49.9 Å². The molecule has 2 heterocycles. The van der Waals surface area contributed by atoms with Gasteiger partial charge in [0.1, 0.15) is 0 Å². The fourth-order valence-electron chi connectivity index (χ4n) is 3.44. The summed E-state index contributed by atoms with van der Waals surface area (Å²) >= 11 is 0. The lowest BCUT2D eigenvalue weighted by molar-refractivity contribution is -0.0582. The van der Waals surface area contributed by atoms with E-state index in [1.165, 1.54) is 0 Å². The molecule has 2 aliphatic rings. The molecule has 2 fully saturated rings. The number of aryl methyl sites for hydroxylation is 1. The Bertz CT molecular complexity index is 645. The quantitative estimate of drug-likeness (QED) is 0.845. The molecule has 122 valence electrons. The number of nitrogens with zero attached hydrogens (tertiary/aromatic N) is 2. The van der Waals surface area contributed by atoms with Crippen molar-refractivity contribution in [3.63, 3.8) is 0 Å². The average molecular weight is 324 g/mol.